The average Bonchev–Trinajstić information content (AvgIpc) is 2.40. The summed E-state index contributed by atoms with van der Waals surface area (Å²) in [6.07, 6.45) is 0. The molecular formula is C16H11O. The number of hydrogen-bond donors (Lipinski definition) is 0. The van der Waals surface area contributed by atoms with E-state index in [1.165, 1.54) is 0 Å². The zero-order valence-electron chi connectivity index (χ0n) is 9.26. The van der Waals surface area contributed by atoms with Crippen molar-refractivity contribution < 1.29 is 4.74 Å². The van der Waals surface area contributed by atoms with Gasteiger partial charge in [0.2, 0.25) is 0 Å². The lowest BCUT2D eigenvalue weighted by atomic mass is 10.1. The summed E-state index contributed by atoms with van der Waals surface area (Å²) < 4.78 is 5.76. The summed E-state index contributed by atoms with van der Waals surface area (Å²) >= 11 is 0. The third kappa shape index (κ3) is 2.13. The molecule has 0 aliphatic carbocycles. The van der Waals surface area contributed by atoms with Crippen LogP contribution in [-0.2, 0) is 0 Å². The van der Waals surface area contributed by atoms with Crippen molar-refractivity contribution in [1.82, 2.24) is 0 Å². The molecule has 0 aliphatic rings. The molecule has 3 rings (SSSR count). The molecule has 0 heterocycles. The zero-order valence-corrected chi connectivity index (χ0v) is 9.26. The van der Waals surface area contributed by atoms with Gasteiger partial charge < -0.3 is 4.74 Å². The normalized spacial score (nSPS) is 10.4. The average molecular weight is 219 g/mol. The summed E-state index contributed by atoms with van der Waals surface area (Å²) in [6, 6.07) is 25.0. The molecule has 0 aromatic heterocycles. The monoisotopic (exact) mass is 219 g/mol. The van der Waals surface area contributed by atoms with Crippen molar-refractivity contribution in [3.8, 4) is 11.5 Å². The van der Waals surface area contributed by atoms with Crippen molar-refractivity contribution in [3.63, 3.8) is 0 Å². The van der Waals surface area contributed by atoms with Gasteiger partial charge in [0.05, 0.1) is 0 Å². The SMILES string of the molecule is [c]1cc(Oc2ccccc2)cc2ccccc12. The van der Waals surface area contributed by atoms with Gasteiger partial charge in [-0.2, -0.15) is 0 Å². The van der Waals surface area contributed by atoms with Gasteiger partial charge in [0.15, 0.2) is 0 Å². The Hall–Kier alpha value is -2.28. The standard InChI is InChI=1S/C16H11O/c1-2-8-15(9-3-1)17-16-11-10-13-6-4-5-7-14(13)12-16/h1-9,11-12H. The van der Waals surface area contributed by atoms with Crippen LogP contribution in [0.4, 0.5) is 0 Å². The highest BCUT2D eigenvalue weighted by molar-refractivity contribution is 5.83. The summed E-state index contributed by atoms with van der Waals surface area (Å²) in [7, 11) is 0. The van der Waals surface area contributed by atoms with E-state index in [9.17, 15) is 0 Å². The molecular weight excluding hydrogens is 208 g/mol. The third-order valence-electron chi connectivity index (χ3n) is 2.61. The fourth-order valence-electron chi connectivity index (χ4n) is 1.78. The van der Waals surface area contributed by atoms with Gasteiger partial charge in [0.1, 0.15) is 11.5 Å². The van der Waals surface area contributed by atoms with E-state index in [0.717, 1.165) is 22.3 Å². The minimum Gasteiger partial charge on any atom is -0.457 e. The Morgan fingerprint density at radius 2 is 1.53 bits per heavy atom. The number of ether oxygens (including phenoxy) is 1. The van der Waals surface area contributed by atoms with Crippen LogP contribution in [-0.4, -0.2) is 0 Å². The predicted octanol–water partition coefficient (Wildman–Crippen LogP) is 4.43. The van der Waals surface area contributed by atoms with Crippen LogP contribution in [0.15, 0.2) is 66.7 Å². The predicted molar refractivity (Wildman–Crippen MR) is 69.3 cm³/mol. The Morgan fingerprint density at radius 3 is 2.41 bits per heavy atom. The minimum absolute atomic E-state index is 0.815. The molecule has 1 nitrogen and oxygen atoms in total. The maximum atomic E-state index is 5.76. The highest BCUT2D eigenvalue weighted by Gasteiger charge is 1.98. The van der Waals surface area contributed by atoms with Crippen LogP contribution < -0.4 is 4.74 Å². The van der Waals surface area contributed by atoms with Gasteiger partial charge in [0, 0.05) is 0 Å². The first-order valence-electron chi connectivity index (χ1n) is 5.55. The van der Waals surface area contributed by atoms with Gasteiger partial charge in [-0.3, -0.25) is 0 Å². The second-order valence-electron chi connectivity index (χ2n) is 3.84. The molecule has 81 valence electrons. The van der Waals surface area contributed by atoms with E-state index < -0.39 is 0 Å². The van der Waals surface area contributed by atoms with E-state index in [2.05, 4.69) is 12.1 Å². The van der Waals surface area contributed by atoms with E-state index >= 15 is 0 Å². The lowest BCUT2D eigenvalue weighted by Crippen LogP contribution is -1.83. The van der Waals surface area contributed by atoms with E-state index in [1.54, 1.807) is 0 Å². The third-order valence-corrected chi connectivity index (χ3v) is 2.61. The van der Waals surface area contributed by atoms with E-state index in [0.29, 0.717) is 0 Å². The summed E-state index contributed by atoms with van der Waals surface area (Å²) in [5.41, 5.74) is 0. The van der Waals surface area contributed by atoms with Crippen LogP contribution in [0.2, 0.25) is 0 Å². The number of hydrogen-bond acceptors (Lipinski definition) is 1. The topological polar surface area (TPSA) is 9.23 Å². The quantitative estimate of drug-likeness (QED) is 0.619. The molecule has 0 saturated heterocycles. The van der Waals surface area contributed by atoms with Crippen molar-refractivity contribution in [2.45, 2.75) is 0 Å². The Balaban J connectivity index is 1.96. The lowest BCUT2D eigenvalue weighted by molar-refractivity contribution is 0.483. The zero-order chi connectivity index (χ0) is 11.5. The first kappa shape index (κ1) is 9.91. The molecule has 0 atom stereocenters. The highest BCUT2D eigenvalue weighted by atomic mass is 16.5. The molecule has 0 unspecified atom stereocenters. The second kappa shape index (κ2) is 4.30. The number of fused-ring (bicyclic) bond motifs is 1. The Bertz CT molecular complexity index is 629. The van der Waals surface area contributed by atoms with Crippen LogP contribution in [0.1, 0.15) is 0 Å². The van der Waals surface area contributed by atoms with E-state index in [1.807, 2.05) is 60.7 Å². The van der Waals surface area contributed by atoms with Crippen molar-refractivity contribution in [2.24, 2.45) is 0 Å². The summed E-state index contributed by atoms with van der Waals surface area (Å²) in [5, 5.41) is 2.24. The van der Waals surface area contributed by atoms with Gasteiger partial charge in [-0.05, 0) is 41.1 Å². The van der Waals surface area contributed by atoms with E-state index in [4.69, 9.17) is 4.74 Å². The number of benzene rings is 3. The van der Waals surface area contributed by atoms with Crippen LogP contribution in [0.25, 0.3) is 10.8 Å². The van der Waals surface area contributed by atoms with Crippen LogP contribution in [0.5, 0.6) is 11.5 Å². The highest BCUT2D eigenvalue weighted by Crippen LogP contribution is 2.24. The second-order valence-corrected chi connectivity index (χ2v) is 3.84. The number of rotatable bonds is 2. The maximum Gasteiger partial charge on any atom is 0.128 e. The maximum absolute atomic E-state index is 5.76. The van der Waals surface area contributed by atoms with Crippen LogP contribution >= 0.6 is 0 Å². The molecule has 3 aromatic rings. The Morgan fingerprint density at radius 1 is 0.765 bits per heavy atom. The van der Waals surface area contributed by atoms with Crippen LogP contribution in [0, 0.1) is 6.07 Å². The first-order chi connectivity index (χ1) is 8.42. The smallest absolute Gasteiger partial charge is 0.128 e. The summed E-state index contributed by atoms with van der Waals surface area (Å²) in [5.74, 6) is 1.66. The summed E-state index contributed by atoms with van der Waals surface area (Å²) in [6.45, 7) is 0. The van der Waals surface area contributed by atoms with Crippen LogP contribution in [0.3, 0.4) is 0 Å². The fraction of sp³-hybridized carbons (Fsp3) is 0. The van der Waals surface area contributed by atoms with Crippen molar-refractivity contribution in [2.75, 3.05) is 0 Å². The summed E-state index contributed by atoms with van der Waals surface area (Å²) in [4.78, 5) is 0. The van der Waals surface area contributed by atoms with E-state index in [-0.39, 0.29) is 0 Å². The fourth-order valence-corrected chi connectivity index (χ4v) is 1.78. The molecule has 0 saturated carbocycles. The van der Waals surface area contributed by atoms with Gasteiger partial charge in [-0.1, -0.05) is 42.5 Å². The first-order valence-corrected chi connectivity index (χ1v) is 5.55. The minimum atomic E-state index is 0.815. The van der Waals surface area contributed by atoms with Gasteiger partial charge in [0.25, 0.3) is 0 Å². The molecule has 0 N–H and O–H groups in total. The number of para-hydroxylation sites is 1. The molecule has 0 aliphatic heterocycles. The van der Waals surface area contributed by atoms with Crippen molar-refractivity contribution in [3.05, 3.63) is 72.8 Å². The van der Waals surface area contributed by atoms with Crippen molar-refractivity contribution >= 4 is 10.8 Å². The molecule has 1 heteroatoms. The molecule has 0 amide bonds. The lowest BCUT2D eigenvalue weighted by Gasteiger charge is -2.06. The molecule has 3 aromatic carbocycles. The molecule has 0 fully saturated rings. The molecule has 1 radical (unpaired) electrons. The van der Waals surface area contributed by atoms with Gasteiger partial charge in [-0.15, -0.1) is 0 Å². The van der Waals surface area contributed by atoms with Crippen molar-refractivity contribution in [1.29, 1.82) is 0 Å². The molecule has 0 spiro atoms. The van der Waals surface area contributed by atoms with Gasteiger partial charge >= 0.3 is 0 Å². The Kier molecular flexibility index (Phi) is 2.51. The Labute approximate surface area is 100 Å². The molecule has 17 heavy (non-hydrogen) atoms. The molecule has 0 bridgehead atoms. The largest absolute Gasteiger partial charge is 0.457 e. The van der Waals surface area contributed by atoms with Gasteiger partial charge in [-0.25, -0.2) is 0 Å².